The number of rotatable bonds is 4. The smallest absolute Gasteiger partial charge is 0.178 e. The Labute approximate surface area is 110 Å². The second-order valence-corrected chi connectivity index (χ2v) is 4.34. The number of ether oxygens (including phenoxy) is 1. The number of likely N-dealkylation sites (N-methyl/N-ethyl adjacent to an activating group) is 1. The Morgan fingerprint density at radius 3 is 2.58 bits per heavy atom. The summed E-state index contributed by atoms with van der Waals surface area (Å²) in [7, 11) is 1.63. The van der Waals surface area contributed by atoms with Gasteiger partial charge in [-0.2, -0.15) is 0 Å². The number of anilines is 1. The van der Waals surface area contributed by atoms with Crippen molar-refractivity contribution in [1.29, 1.82) is 0 Å². The third kappa shape index (κ3) is 3.08. The molecule has 0 atom stereocenters. The van der Waals surface area contributed by atoms with Crippen LogP contribution in [0.4, 0.5) is 14.5 Å². The van der Waals surface area contributed by atoms with Crippen molar-refractivity contribution in [2.24, 2.45) is 0 Å². The molecule has 1 saturated heterocycles. The predicted molar refractivity (Wildman–Crippen MR) is 67.6 cm³/mol. The van der Waals surface area contributed by atoms with Crippen molar-refractivity contribution in [3.8, 4) is 0 Å². The van der Waals surface area contributed by atoms with Gasteiger partial charge in [-0.05, 0) is 13.1 Å². The normalized spacial score (nSPS) is 15.6. The minimum absolute atomic E-state index is 0.0857. The molecule has 1 aliphatic heterocycles. The molecule has 2 rings (SSSR count). The molecule has 104 valence electrons. The SMILES string of the molecule is CNCC(=O)c1cc(F)c(F)cc1N1CCOCC1. The van der Waals surface area contributed by atoms with E-state index in [1.54, 1.807) is 7.05 Å². The van der Waals surface area contributed by atoms with E-state index < -0.39 is 11.6 Å². The van der Waals surface area contributed by atoms with Gasteiger partial charge in [-0.25, -0.2) is 8.78 Å². The first-order chi connectivity index (χ1) is 9.13. The van der Waals surface area contributed by atoms with Gasteiger partial charge in [0.05, 0.1) is 25.4 Å². The number of Topliss-reactive ketones (excluding diaryl/α,β-unsaturated/α-hetero) is 1. The molecular weight excluding hydrogens is 254 g/mol. The maximum Gasteiger partial charge on any atom is 0.178 e. The molecule has 1 fully saturated rings. The number of ketones is 1. The average molecular weight is 270 g/mol. The minimum Gasteiger partial charge on any atom is -0.378 e. The molecule has 1 aromatic rings. The van der Waals surface area contributed by atoms with E-state index in [1.165, 1.54) is 0 Å². The average Bonchev–Trinajstić information content (AvgIpc) is 2.42. The molecule has 0 unspecified atom stereocenters. The van der Waals surface area contributed by atoms with Crippen molar-refractivity contribution < 1.29 is 18.3 Å². The van der Waals surface area contributed by atoms with Crippen LogP contribution < -0.4 is 10.2 Å². The Kier molecular flexibility index (Phi) is 4.44. The van der Waals surface area contributed by atoms with Gasteiger partial charge in [-0.3, -0.25) is 4.79 Å². The van der Waals surface area contributed by atoms with E-state index in [9.17, 15) is 13.6 Å². The van der Waals surface area contributed by atoms with Crippen LogP contribution in [0.15, 0.2) is 12.1 Å². The minimum atomic E-state index is -1.00. The summed E-state index contributed by atoms with van der Waals surface area (Å²) in [6.07, 6.45) is 0. The van der Waals surface area contributed by atoms with Crippen LogP contribution in [-0.2, 0) is 4.74 Å². The number of hydrogen-bond acceptors (Lipinski definition) is 4. The fraction of sp³-hybridized carbons (Fsp3) is 0.462. The third-order valence-electron chi connectivity index (χ3n) is 3.03. The predicted octanol–water partition coefficient (Wildman–Crippen LogP) is 1.20. The van der Waals surface area contributed by atoms with E-state index in [0.717, 1.165) is 12.1 Å². The first kappa shape index (κ1) is 13.9. The lowest BCUT2D eigenvalue weighted by molar-refractivity contribution is 0.0991. The largest absolute Gasteiger partial charge is 0.378 e. The van der Waals surface area contributed by atoms with Gasteiger partial charge in [0, 0.05) is 24.7 Å². The molecule has 0 aliphatic carbocycles. The van der Waals surface area contributed by atoms with Crippen molar-refractivity contribution in [3.05, 3.63) is 29.3 Å². The van der Waals surface area contributed by atoms with Gasteiger partial charge in [0.15, 0.2) is 17.4 Å². The van der Waals surface area contributed by atoms with E-state index >= 15 is 0 Å². The number of carbonyl (C=O) groups excluding carboxylic acids is 1. The fourth-order valence-corrected chi connectivity index (χ4v) is 2.08. The van der Waals surface area contributed by atoms with Crippen LogP contribution in [-0.4, -0.2) is 45.7 Å². The van der Waals surface area contributed by atoms with Gasteiger partial charge in [-0.1, -0.05) is 0 Å². The molecule has 1 N–H and O–H groups in total. The Balaban J connectivity index is 2.38. The van der Waals surface area contributed by atoms with Crippen molar-refractivity contribution in [3.63, 3.8) is 0 Å². The fourth-order valence-electron chi connectivity index (χ4n) is 2.08. The van der Waals surface area contributed by atoms with Gasteiger partial charge in [0.2, 0.25) is 0 Å². The molecule has 0 radical (unpaired) electrons. The Morgan fingerprint density at radius 1 is 1.32 bits per heavy atom. The molecule has 0 bridgehead atoms. The van der Waals surface area contributed by atoms with Crippen LogP contribution in [0.25, 0.3) is 0 Å². The lowest BCUT2D eigenvalue weighted by Crippen LogP contribution is -2.37. The quantitative estimate of drug-likeness (QED) is 0.835. The monoisotopic (exact) mass is 270 g/mol. The van der Waals surface area contributed by atoms with Crippen molar-refractivity contribution in [2.45, 2.75) is 0 Å². The molecule has 0 aromatic heterocycles. The summed E-state index contributed by atoms with van der Waals surface area (Å²) in [5, 5.41) is 2.72. The molecule has 19 heavy (non-hydrogen) atoms. The van der Waals surface area contributed by atoms with Gasteiger partial charge < -0.3 is 15.0 Å². The van der Waals surface area contributed by atoms with Crippen molar-refractivity contribution >= 4 is 11.5 Å². The summed E-state index contributed by atoms with van der Waals surface area (Å²) < 4.78 is 32.0. The standard InChI is InChI=1S/C13H16F2N2O2/c1-16-8-13(18)9-6-10(14)11(15)7-12(9)17-2-4-19-5-3-17/h6-7,16H,2-5,8H2,1H3. The maximum absolute atomic E-state index is 13.4. The third-order valence-corrected chi connectivity index (χ3v) is 3.03. The first-order valence-electron chi connectivity index (χ1n) is 6.13. The molecule has 0 amide bonds. The molecule has 1 aliphatic rings. The van der Waals surface area contributed by atoms with Crippen molar-refractivity contribution in [2.75, 3.05) is 44.8 Å². The number of benzene rings is 1. The highest BCUT2D eigenvalue weighted by Gasteiger charge is 2.21. The van der Waals surface area contributed by atoms with E-state index in [4.69, 9.17) is 4.74 Å². The number of nitrogens with zero attached hydrogens (tertiary/aromatic N) is 1. The van der Waals surface area contributed by atoms with Gasteiger partial charge in [0.1, 0.15) is 0 Å². The number of halogens is 2. The van der Waals surface area contributed by atoms with Gasteiger partial charge in [-0.15, -0.1) is 0 Å². The number of hydrogen-bond donors (Lipinski definition) is 1. The van der Waals surface area contributed by atoms with E-state index in [1.807, 2.05) is 4.90 Å². The maximum atomic E-state index is 13.4. The van der Waals surface area contributed by atoms with E-state index in [0.29, 0.717) is 32.0 Å². The Morgan fingerprint density at radius 2 is 1.95 bits per heavy atom. The first-order valence-corrected chi connectivity index (χ1v) is 6.13. The van der Waals surface area contributed by atoms with Crippen LogP contribution >= 0.6 is 0 Å². The summed E-state index contributed by atoms with van der Waals surface area (Å²) >= 11 is 0. The number of carbonyl (C=O) groups is 1. The molecule has 4 nitrogen and oxygen atoms in total. The highest BCUT2D eigenvalue weighted by Crippen LogP contribution is 2.25. The lowest BCUT2D eigenvalue weighted by Gasteiger charge is -2.30. The van der Waals surface area contributed by atoms with Crippen LogP contribution in [0.5, 0.6) is 0 Å². The highest BCUT2D eigenvalue weighted by atomic mass is 19.2. The molecule has 6 heteroatoms. The summed E-state index contributed by atoms with van der Waals surface area (Å²) in [5.74, 6) is -2.21. The van der Waals surface area contributed by atoms with Crippen LogP contribution in [0.2, 0.25) is 0 Å². The zero-order valence-corrected chi connectivity index (χ0v) is 10.7. The van der Waals surface area contributed by atoms with Crippen LogP contribution in [0, 0.1) is 11.6 Å². The summed E-state index contributed by atoms with van der Waals surface area (Å²) in [6.45, 7) is 2.23. The van der Waals surface area contributed by atoms with Crippen LogP contribution in [0.3, 0.4) is 0 Å². The highest BCUT2D eigenvalue weighted by molar-refractivity contribution is 6.02. The molecule has 1 heterocycles. The zero-order valence-electron chi connectivity index (χ0n) is 10.7. The van der Waals surface area contributed by atoms with Crippen LogP contribution in [0.1, 0.15) is 10.4 Å². The van der Waals surface area contributed by atoms with Gasteiger partial charge >= 0.3 is 0 Å². The van der Waals surface area contributed by atoms with Crippen molar-refractivity contribution in [1.82, 2.24) is 5.32 Å². The Hall–Kier alpha value is -1.53. The van der Waals surface area contributed by atoms with E-state index in [2.05, 4.69) is 5.32 Å². The summed E-state index contributed by atoms with van der Waals surface area (Å²) in [4.78, 5) is 13.8. The second-order valence-electron chi connectivity index (χ2n) is 4.34. The zero-order chi connectivity index (χ0) is 13.8. The lowest BCUT2D eigenvalue weighted by atomic mass is 10.1. The molecule has 1 aromatic carbocycles. The Bertz CT molecular complexity index is 474. The summed E-state index contributed by atoms with van der Waals surface area (Å²) in [5.41, 5.74) is 0.637. The summed E-state index contributed by atoms with van der Waals surface area (Å²) in [6, 6.07) is 2.06. The van der Waals surface area contributed by atoms with E-state index in [-0.39, 0.29) is 17.9 Å². The number of morpholine rings is 1. The topological polar surface area (TPSA) is 41.6 Å². The molecular formula is C13H16F2N2O2. The van der Waals surface area contributed by atoms with Gasteiger partial charge in [0.25, 0.3) is 0 Å². The molecule has 0 saturated carbocycles. The molecule has 0 spiro atoms. The number of nitrogens with one attached hydrogen (secondary N) is 1. The second kappa shape index (κ2) is 6.08.